The second-order valence-electron chi connectivity index (χ2n) is 2.48. The van der Waals surface area contributed by atoms with Crippen LogP contribution in [0.5, 0.6) is 0 Å². The van der Waals surface area contributed by atoms with Crippen molar-refractivity contribution in [3.8, 4) is 0 Å². The summed E-state index contributed by atoms with van der Waals surface area (Å²) < 4.78 is 34.1. The molecule has 0 aliphatic heterocycles. The van der Waals surface area contributed by atoms with Crippen LogP contribution in [0.15, 0.2) is 0 Å². The minimum atomic E-state index is -2.02. The van der Waals surface area contributed by atoms with Gasteiger partial charge in [0.2, 0.25) is 0 Å². The third kappa shape index (κ3) is 14.3. The molecule has 0 saturated carbocycles. The summed E-state index contributed by atoms with van der Waals surface area (Å²) in [6.45, 7) is 1.76. The normalized spacial score (nSPS) is 12.9. The van der Waals surface area contributed by atoms with Crippen LogP contribution in [0.25, 0.3) is 0 Å². The molecule has 0 saturated heterocycles. The van der Waals surface area contributed by atoms with E-state index in [1.54, 1.807) is 0 Å². The third-order valence-corrected chi connectivity index (χ3v) is 2.27. The Hall–Kier alpha value is 0.300. The van der Waals surface area contributed by atoms with Crippen molar-refractivity contribution in [2.45, 2.75) is 6.42 Å². The molecule has 0 amide bonds. The molecular formula is C7H15O6S2-. The minimum absolute atomic E-state index is 0.0331. The zero-order valence-corrected chi connectivity index (χ0v) is 9.89. The van der Waals surface area contributed by atoms with Crippen molar-refractivity contribution in [2.75, 3.05) is 37.9 Å². The fourth-order valence-corrected chi connectivity index (χ4v) is 1.24. The van der Waals surface area contributed by atoms with Gasteiger partial charge >= 0.3 is 0 Å². The molecule has 1 atom stereocenters. The number of ether oxygens (including phenoxy) is 2. The summed E-state index contributed by atoms with van der Waals surface area (Å²) in [6.07, 6.45) is 0.718. The zero-order chi connectivity index (χ0) is 11.4. The molecule has 15 heavy (non-hydrogen) atoms. The van der Waals surface area contributed by atoms with Crippen molar-refractivity contribution in [2.24, 2.45) is 0 Å². The van der Waals surface area contributed by atoms with Crippen molar-refractivity contribution in [1.82, 2.24) is 0 Å². The van der Waals surface area contributed by atoms with Crippen LogP contribution in [0.1, 0.15) is 6.42 Å². The lowest BCUT2D eigenvalue weighted by Crippen LogP contribution is -2.08. The van der Waals surface area contributed by atoms with E-state index in [4.69, 9.17) is 14.7 Å². The van der Waals surface area contributed by atoms with E-state index in [0.29, 0.717) is 25.6 Å². The van der Waals surface area contributed by atoms with Crippen molar-refractivity contribution in [1.29, 1.82) is 0 Å². The van der Waals surface area contributed by atoms with E-state index in [0.717, 1.165) is 18.5 Å². The molecule has 0 spiro atoms. The Morgan fingerprint density at radius 3 is 2.47 bits per heavy atom. The first-order valence-corrected chi connectivity index (χ1v) is 6.57. The lowest BCUT2D eigenvalue weighted by atomic mass is 10.5. The van der Waals surface area contributed by atoms with Gasteiger partial charge in [0.25, 0.3) is 0 Å². The summed E-state index contributed by atoms with van der Waals surface area (Å²) in [5.74, 6) is 0.595. The maximum absolute atomic E-state index is 10.1. The summed E-state index contributed by atoms with van der Waals surface area (Å²) >= 11 is -1.11. The molecule has 0 fully saturated rings. The average Bonchev–Trinajstić information content (AvgIpc) is 2.20. The molecule has 6 nitrogen and oxygen atoms in total. The van der Waals surface area contributed by atoms with E-state index in [2.05, 4.69) is 4.33 Å². The van der Waals surface area contributed by atoms with Gasteiger partial charge in [-0.15, -0.1) is 0 Å². The molecule has 0 heterocycles. The fourth-order valence-electron chi connectivity index (χ4n) is 0.724. The van der Waals surface area contributed by atoms with Crippen LogP contribution in [0.2, 0.25) is 0 Å². The number of hydrogen-bond acceptors (Lipinski definition) is 7. The second-order valence-corrected chi connectivity index (χ2v) is 4.29. The molecule has 0 rings (SSSR count). The third-order valence-electron chi connectivity index (χ3n) is 1.34. The molecule has 0 aliphatic rings. The van der Waals surface area contributed by atoms with Gasteiger partial charge in [0.1, 0.15) is 0 Å². The molecule has 1 N–H and O–H groups in total. The summed E-state index contributed by atoms with van der Waals surface area (Å²) in [7, 11) is 0. The highest BCUT2D eigenvalue weighted by atomic mass is 32.2. The van der Waals surface area contributed by atoms with E-state index in [1.165, 1.54) is 0 Å². The topological polar surface area (TPSA) is 88.1 Å². The van der Waals surface area contributed by atoms with Gasteiger partial charge < -0.3 is 14.0 Å². The number of hydrogen-bond donors (Lipinski definition) is 1. The molecule has 0 aliphatic carbocycles. The summed E-state index contributed by atoms with van der Waals surface area (Å²) in [6, 6.07) is 0. The molecular weight excluding hydrogens is 244 g/mol. The number of rotatable bonds is 11. The quantitative estimate of drug-likeness (QED) is 0.189. The maximum Gasteiger partial charge on any atom is 0.0580 e. The molecule has 0 aromatic carbocycles. The van der Waals surface area contributed by atoms with Crippen LogP contribution in [0.4, 0.5) is 0 Å². The monoisotopic (exact) mass is 259 g/mol. The predicted molar refractivity (Wildman–Crippen MR) is 56.2 cm³/mol. The van der Waals surface area contributed by atoms with Gasteiger partial charge in [-0.25, -0.2) is 5.26 Å². The Morgan fingerprint density at radius 2 is 1.87 bits per heavy atom. The SMILES string of the molecule is O=S([O-])CCOCCCOCCSOO. The van der Waals surface area contributed by atoms with Gasteiger partial charge in [-0.3, -0.25) is 4.21 Å². The van der Waals surface area contributed by atoms with E-state index >= 15 is 0 Å². The van der Waals surface area contributed by atoms with Crippen molar-refractivity contribution < 1.29 is 27.8 Å². The van der Waals surface area contributed by atoms with Gasteiger partial charge in [0.05, 0.1) is 13.2 Å². The summed E-state index contributed by atoms with van der Waals surface area (Å²) in [5.41, 5.74) is 0. The van der Waals surface area contributed by atoms with Crippen LogP contribution in [0.3, 0.4) is 0 Å². The fraction of sp³-hybridized carbons (Fsp3) is 1.00. The zero-order valence-electron chi connectivity index (χ0n) is 8.25. The van der Waals surface area contributed by atoms with Crippen LogP contribution >= 0.6 is 12.0 Å². The van der Waals surface area contributed by atoms with Crippen molar-refractivity contribution in [3.63, 3.8) is 0 Å². The standard InChI is InChI=1S/C7H16O6S2/c8-13-14-6-4-11-2-1-3-12-5-7-15(9)10/h8H,1-7H2,(H,9,10)/p-1. The van der Waals surface area contributed by atoms with Gasteiger partial charge in [0, 0.05) is 36.8 Å². The minimum Gasteiger partial charge on any atom is -0.772 e. The van der Waals surface area contributed by atoms with E-state index < -0.39 is 11.1 Å². The van der Waals surface area contributed by atoms with E-state index in [9.17, 15) is 8.76 Å². The Kier molecular flexibility index (Phi) is 12.6. The van der Waals surface area contributed by atoms with Gasteiger partial charge in [0.15, 0.2) is 0 Å². The Balaban J connectivity index is 2.89. The van der Waals surface area contributed by atoms with E-state index in [1.807, 2.05) is 0 Å². The Morgan fingerprint density at radius 1 is 1.20 bits per heavy atom. The first-order chi connectivity index (χ1) is 7.27. The molecule has 0 radical (unpaired) electrons. The second kappa shape index (κ2) is 12.4. The van der Waals surface area contributed by atoms with E-state index in [-0.39, 0.29) is 12.4 Å². The largest absolute Gasteiger partial charge is 0.772 e. The van der Waals surface area contributed by atoms with Crippen LogP contribution < -0.4 is 0 Å². The highest BCUT2D eigenvalue weighted by Crippen LogP contribution is 1.97. The average molecular weight is 259 g/mol. The first kappa shape index (κ1) is 15.3. The molecule has 0 aromatic heterocycles. The first-order valence-electron chi connectivity index (χ1n) is 4.41. The molecule has 92 valence electrons. The Labute approximate surface area is 95.7 Å². The van der Waals surface area contributed by atoms with Gasteiger partial charge in [-0.2, -0.15) is 4.33 Å². The molecule has 0 aromatic rings. The van der Waals surface area contributed by atoms with Crippen LogP contribution in [0, 0.1) is 0 Å². The van der Waals surface area contributed by atoms with Crippen molar-refractivity contribution >= 4 is 23.1 Å². The lowest BCUT2D eigenvalue weighted by molar-refractivity contribution is -0.116. The van der Waals surface area contributed by atoms with Gasteiger partial charge in [-0.1, -0.05) is 11.1 Å². The molecule has 0 bridgehead atoms. The highest BCUT2D eigenvalue weighted by molar-refractivity contribution is 7.94. The molecule has 1 unspecified atom stereocenters. The Bertz CT molecular complexity index is 156. The van der Waals surface area contributed by atoms with Crippen LogP contribution in [-0.4, -0.2) is 52.0 Å². The maximum atomic E-state index is 10.1. The predicted octanol–water partition coefficient (Wildman–Crippen LogP) is 0.427. The summed E-state index contributed by atoms with van der Waals surface area (Å²) in [5, 5.41) is 7.95. The molecule has 8 heteroatoms. The lowest BCUT2D eigenvalue weighted by Gasteiger charge is -2.06. The van der Waals surface area contributed by atoms with Crippen LogP contribution in [-0.2, 0) is 24.9 Å². The smallest absolute Gasteiger partial charge is 0.0580 e. The van der Waals surface area contributed by atoms with Crippen molar-refractivity contribution in [3.05, 3.63) is 0 Å². The highest BCUT2D eigenvalue weighted by Gasteiger charge is 1.92. The summed E-state index contributed by atoms with van der Waals surface area (Å²) in [4.78, 5) is 0. The van der Waals surface area contributed by atoms with Gasteiger partial charge in [-0.05, 0) is 6.42 Å².